The van der Waals surface area contributed by atoms with Crippen LogP contribution < -0.4 is 16.0 Å². The van der Waals surface area contributed by atoms with Crippen LogP contribution in [0, 0.1) is 0 Å². The van der Waals surface area contributed by atoms with Crippen LogP contribution in [0.4, 0.5) is 0 Å². The number of aromatic nitrogens is 2. The van der Waals surface area contributed by atoms with Crippen LogP contribution in [0.1, 0.15) is 6.23 Å². The van der Waals surface area contributed by atoms with Crippen molar-refractivity contribution in [3.63, 3.8) is 0 Å². The van der Waals surface area contributed by atoms with Crippen LogP contribution in [0.2, 0.25) is 0 Å². The van der Waals surface area contributed by atoms with Gasteiger partial charge in [0.25, 0.3) is 5.56 Å². The minimum Gasteiger partial charge on any atom is -0.490 e. The predicted octanol–water partition coefficient (Wildman–Crippen LogP) is -2.37. The van der Waals surface area contributed by atoms with E-state index in [1.807, 2.05) is 4.98 Å². The van der Waals surface area contributed by atoms with Crippen LogP contribution >= 0.6 is 24.2 Å². The van der Waals surface area contributed by atoms with Crippen molar-refractivity contribution in [2.75, 3.05) is 13.7 Å². The van der Waals surface area contributed by atoms with E-state index in [1.165, 1.54) is 0 Å². The smallest absolute Gasteiger partial charge is 0.487 e. The summed E-state index contributed by atoms with van der Waals surface area (Å²) in [5.74, 6) is -0.296. The summed E-state index contributed by atoms with van der Waals surface area (Å²) in [6, 6.07) is 0. The number of aliphatic hydroxyl groups is 2. The molecular weight excluding hydrogens is 481 g/mol. The van der Waals surface area contributed by atoms with E-state index >= 15 is 0 Å². The van der Waals surface area contributed by atoms with Crippen LogP contribution in [-0.4, -0.2) is 71.4 Å². The van der Waals surface area contributed by atoms with Crippen molar-refractivity contribution in [2.45, 2.75) is 24.5 Å². The van der Waals surface area contributed by atoms with Gasteiger partial charge >= 0.3 is 29.9 Å². The summed E-state index contributed by atoms with van der Waals surface area (Å²) in [6.07, 6.45) is -5.39. The Morgan fingerprint density at radius 3 is 2.43 bits per heavy atom. The molecule has 1 saturated heterocycles. The summed E-state index contributed by atoms with van der Waals surface area (Å²) in [7, 11) is -12.9. The Balaban J connectivity index is 2.04. The van der Waals surface area contributed by atoms with Crippen LogP contribution in [0.3, 0.4) is 0 Å². The van der Waals surface area contributed by atoms with Gasteiger partial charge in [0.1, 0.15) is 18.3 Å². The highest BCUT2D eigenvalue weighted by atomic mass is 31.3. The number of hydrogen-bond acceptors (Lipinski definition) is 12. The molecule has 1 aromatic heterocycles. The summed E-state index contributed by atoms with van der Waals surface area (Å²) >= 11 is 0. The number of H-pyrrole nitrogens is 1. The third kappa shape index (κ3) is 6.48. The first-order chi connectivity index (χ1) is 13.7. The number of aromatic amines is 1. The van der Waals surface area contributed by atoms with Gasteiger partial charge in [-0.25, -0.2) is 18.2 Å². The number of nitrogens with zero attached hydrogens (tertiary/aromatic N) is 1. The van der Waals surface area contributed by atoms with Crippen LogP contribution in [0.5, 0.6) is 5.75 Å². The second kappa shape index (κ2) is 9.63. The molecule has 1 fully saturated rings. The molecule has 1 aliphatic heterocycles. The monoisotopic (exact) mass is 498 g/mol. The summed E-state index contributed by atoms with van der Waals surface area (Å²) in [4.78, 5) is 60.9. The van der Waals surface area contributed by atoms with Gasteiger partial charge in [-0.3, -0.25) is 14.3 Å². The lowest BCUT2D eigenvalue weighted by Gasteiger charge is -2.18. The molecule has 2 heterocycles. The average Bonchev–Trinajstić information content (AvgIpc) is 2.86. The Bertz CT molecular complexity index is 957. The molecule has 0 spiro atoms. The molecule has 20 heteroatoms. The van der Waals surface area contributed by atoms with Gasteiger partial charge in [0, 0.05) is 0 Å². The fourth-order valence-electron chi connectivity index (χ4n) is 2.30. The van der Waals surface area contributed by atoms with Crippen LogP contribution in [0.15, 0.2) is 15.8 Å². The maximum Gasteiger partial charge on any atom is 0.487 e. The highest BCUT2D eigenvalue weighted by molar-refractivity contribution is 7.65. The second-order valence-electron chi connectivity index (χ2n) is 5.57. The van der Waals surface area contributed by atoms with E-state index in [4.69, 9.17) is 24.2 Å². The Morgan fingerprint density at radius 2 is 1.87 bits per heavy atom. The molecular formula is C10H17N2O15P3. The zero-order chi connectivity index (χ0) is 22.9. The summed E-state index contributed by atoms with van der Waals surface area (Å²) in [6.45, 7) is -0.762. The van der Waals surface area contributed by atoms with Crippen molar-refractivity contribution in [1.29, 1.82) is 0 Å². The Labute approximate surface area is 167 Å². The third-order valence-electron chi connectivity index (χ3n) is 3.50. The molecule has 7 N–H and O–H groups in total. The van der Waals surface area contributed by atoms with Crippen molar-refractivity contribution < 1.29 is 61.5 Å². The molecule has 6 atom stereocenters. The molecule has 30 heavy (non-hydrogen) atoms. The highest BCUT2D eigenvalue weighted by Crippen LogP contribution is 2.63. The number of hydrogen-bond donors (Lipinski definition) is 7. The Hall–Kier alpha value is -1.03. The molecule has 0 aromatic carbocycles. The third-order valence-corrected chi connectivity index (χ3v) is 6.93. The van der Waals surface area contributed by atoms with Gasteiger partial charge in [-0.05, 0) is 0 Å². The lowest BCUT2D eigenvalue weighted by molar-refractivity contribution is -0.0528. The van der Waals surface area contributed by atoms with Crippen LogP contribution in [-0.2, 0) is 27.0 Å². The number of nitrogens with one attached hydrogen (secondary N) is 1. The minimum absolute atomic E-state index is 0.296. The van der Waals surface area contributed by atoms with Gasteiger partial charge in [-0.2, -0.15) is 4.31 Å². The number of aliphatic hydroxyl groups excluding tert-OH is 2. The minimum atomic E-state index is -5.42. The predicted molar refractivity (Wildman–Crippen MR) is 92.9 cm³/mol. The largest absolute Gasteiger partial charge is 0.490 e. The lowest BCUT2D eigenvalue weighted by atomic mass is 10.1. The summed E-state index contributed by atoms with van der Waals surface area (Å²) in [5, 5.41) is 20.2. The van der Waals surface area contributed by atoms with E-state index < -0.39 is 66.6 Å². The van der Waals surface area contributed by atoms with E-state index in [1.54, 1.807) is 0 Å². The van der Waals surface area contributed by atoms with E-state index in [-0.39, 0.29) is 5.75 Å². The maximum absolute atomic E-state index is 11.9. The van der Waals surface area contributed by atoms with E-state index in [0.717, 1.165) is 17.9 Å². The van der Waals surface area contributed by atoms with Crippen molar-refractivity contribution >= 4 is 24.2 Å². The molecule has 1 aromatic rings. The van der Waals surface area contributed by atoms with E-state index in [9.17, 15) is 33.8 Å². The second-order valence-corrected chi connectivity index (χ2v) is 9.52. The first kappa shape index (κ1) is 25.2. The first-order valence-corrected chi connectivity index (χ1v) is 11.7. The molecule has 172 valence electrons. The summed E-state index contributed by atoms with van der Waals surface area (Å²) < 4.78 is 44.7. The fraction of sp³-hybridized carbons (Fsp3) is 0.600. The van der Waals surface area contributed by atoms with Crippen molar-refractivity contribution in [2.24, 2.45) is 0 Å². The topological polar surface area (TPSA) is 257 Å². The molecule has 0 radical (unpaired) electrons. The molecule has 0 bridgehead atoms. The normalized spacial score (nSPS) is 27.6. The van der Waals surface area contributed by atoms with Gasteiger partial charge in [0.15, 0.2) is 6.23 Å². The molecule has 1 aliphatic rings. The first-order valence-electron chi connectivity index (χ1n) is 7.56. The number of rotatable bonds is 9. The number of ether oxygens (including phenoxy) is 2. The maximum atomic E-state index is 11.9. The molecule has 17 nitrogen and oxygen atoms in total. The Kier molecular flexibility index (Phi) is 8.10. The van der Waals surface area contributed by atoms with E-state index in [2.05, 4.69) is 13.1 Å². The molecule has 0 amide bonds. The van der Waals surface area contributed by atoms with E-state index in [0.29, 0.717) is 0 Å². The molecule has 2 rings (SSSR count). The fourth-order valence-corrected chi connectivity index (χ4v) is 4.93. The quantitative estimate of drug-likeness (QED) is 0.176. The standard InChI is InChI=1S/C10H17N2O15P3/c1-23-4-2-12(10(16)11-8(4)15)9-7(14)6(13)5(25-9)3-24-28(17)26-30(21,22)27-29(18,19)20/h2,5-7,9,13-14,17H,3H2,1H3,(H,21,22)(H,11,15,16)(H2,18,19,20)/t5-,6-,7-,9-,28-/m1/s1. The van der Waals surface area contributed by atoms with Crippen molar-refractivity contribution in [1.82, 2.24) is 9.55 Å². The van der Waals surface area contributed by atoms with Gasteiger partial charge in [0.2, 0.25) is 5.75 Å². The molecule has 1 unspecified atom stereocenters. The Morgan fingerprint density at radius 1 is 1.23 bits per heavy atom. The zero-order valence-corrected chi connectivity index (χ0v) is 17.4. The number of methoxy groups -OCH3 is 1. The van der Waals surface area contributed by atoms with Crippen LogP contribution in [0.25, 0.3) is 0 Å². The molecule has 0 aliphatic carbocycles. The number of phosphoric acid groups is 2. The highest BCUT2D eigenvalue weighted by Gasteiger charge is 2.45. The SMILES string of the molecule is COc1cn([C@@H]2O[C@H](CO[P@@](O)OP(=O)(O)OP(=O)(O)O)[C@@H](O)[C@H]2O)c(=O)[nH]c1=O. The van der Waals surface area contributed by atoms with Gasteiger partial charge in [0.05, 0.1) is 19.9 Å². The van der Waals surface area contributed by atoms with Gasteiger partial charge in [-0.15, -0.1) is 0 Å². The summed E-state index contributed by atoms with van der Waals surface area (Å²) in [5.41, 5.74) is -1.84. The van der Waals surface area contributed by atoms with Crippen molar-refractivity contribution in [3.05, 3.63) is 27.0 Å². The van der Waals surface area contributed by atoms with Gasteiger partial charge in [-0.1, -0.05) is 0 Å². The zero-order valence-electron chi connectivity index (χ0n) is 14.7. The average molecular weight is 498 g/mol. The van der Waals surface area contributed by atoms with Crippen molar-refractivity contribution in [3.8, 4) is 5.75 Å². The molecule has 0 saturated carbocycles. The lowest BCUT2D eigenvalue weighted by Crippen LogP contribution is -2.38. The van der Waals surface area contributed by atoms with Gasteiger partial charge < -0.3 is 43.8 Å².